The molecule has 0 saturated carbocycles. The van der Waals surface area contributed by atoms with E-state index in [1.807, 2.05) is 6.92 Å². The van der Waals surface area contributed by atoms with Crippen LogP contribution in [0.4, 0.5) is 4.39 Å². The highest BCUT2D eigenvalue weighted by molar-refractivity contribution is 5.10. The highest BCUT2D eigenvalue weighted by Gasteiger charge is 2.20. The third kappa shape index (κ3) is 3.25. The van der Waals surface area contributed by atoms with Gasteiger partial charge in [0.15, 0.2) is 0 Å². The molecule has 0 aromatic carbocycles. The molecule has 5 heteroatoms. The zero-order valence-electron chi connectivity index (χ0n) is 10.5. The Labute approximate surface area is 107 Å². The Hall–Kier alpha value is -1.51. The van der Waals surface area contributed by atoms with Gasteiger partial charge in [-0.25, -0.2) is 4.39 Å². The van der Waals surface area contributed by atoms with E-state index in [0.29, 0.717) is 0 Å². The van der Waals surface area contributed by atoms with Gasteiger partial charge in [0.2, 0.25) is 0 Å². The average molecular weight is 248 g/mol. The molecule has 0 N–H and O–H groups in total. The Balaban J connectivity index is 1.86. The maximum absolute atomic E-state index is 13.0. The number of halogens is 1. The number of nitrogens with zero attached hydrogens (tertiary/aromatic N) is 4. The molecule has 1 fully saturated rings. The van der Waals surface area contributed by atoms with E-state index in [1.165, 1.54) is 12.3 Å². The Morgan fingerprint density at radius 1 is 1.39 bits per heavy atom. The predicted molar refractivity (Wildman–Crippen MR) is 66.1 cm³/mol. The summed E-state index contributed by atoms with van der Waals surface area (Å²) in [4.78, 5) is 8.28. The average Bonchev–Trinajstić information content (AvgIpc) is 2.39. The number of hydrogen-bond acceptors (Lipinski definition) is 4. The van der Waals surface area contributed by atoms with Crippen LogP contribution >= 0.6 is 0 Å². The number of aromatic nitrogens is 1. The summed E-state index contributed by atoms with van der Waals surface area (Å²) in [5.74, 6) is -0.288. The number of hydrogen-bond donors (Lipinski definition) is 0. The first-order valence-corrected chi connectivity index (χ1v) is 6.14. The molecule has 0 amide bonds. The van der Waals surface area contributed by atoms with Crippen LogP contribution in [0.1, 0.15) is 12.5 Å². The Morgan fingerprint density at radius 3 is 2.72 bits per heavy atom. The van der Waals surface area contributed by atoms with Gasteiger partial charge >= 0.3 is 0 Å². The number of rotatable bonds is 3. The maximum atomic E-state index is 13.0. The molecule has 1 saturated heterocycles. The van der Waals surface area contributed by atoms with Crippen molar-refractivity contribution in [1.82, 2.24) is 14.8 Å². The van der Waals surface area contributed by atoms with E-state index in [4.69, 9.17) is 5.26 Å². The van der Waals surface area contributed by atoms with Gasteiger partial charge in [0.05, 0.1) is 18.3 Å². The Morgan fingerprint density at radius 2 is 2.11 bits per heavy atom. The van der Waals surface area contributed by atoms with Crippen molar-refractivity contribution in [2.45, 2.75) is 19.5 Å². The molecule has 1 aromatic heterocycles. The lowest BCUT2D eigenvalue weighted by molar-refractivity contribution is 0.114. The van der Waals surface area contributed by atoms with Crippen LogP contribution in [-0.4, -0.2) is 47.0 Å². The van der Waals surface area contributed by atoms with Gasteiger partial charge in [0.25, 0.3) is 0 Å². The SMILES string of the molecule is CC(C#N)N1CCN(Cc2cncc(F)c2)CC1. The highest BCUT2D eigenvalue weighted by Crippen LogP contribution is 2.10. The molecule has 2 heterocycles. The van der Waals surface area contributed by atoms with Crippen LogP contribution in [0, 0.1) is 17.1 Å². The van der Waals surface area contributed by atoms with Crippen LogP contribution in [0.3, 0.4) is 0 Å². The van der Waals surface area contributed by atoms with Gasteiger partial charge in [-0.2, -0.15) is 5.26 Å². The molecule has 1 unspecified atom stereocenters. The smallest absolute Gasteiger partial charge is 0.141 e. The molecule has 1 aromatic rings. The van der Waals surface area contributed by atoms with E-state index in [9.17, 15) is 4.39 Å². The predicted octanol–water partition coefficient (Wildman–Crippen LogP) is 1.25. The van der Waals surface area contributed by atoms with Gasteiger partial charge in [-0.15, -0.1) is 0 Å². The summed E-state index contributed by atoms with van der Waals surface area (Å²) in [7, 11) is 0. The highest BCUT2D eigenvalue weighted by atomic mass is 19.1. The molecular formula is C13H17FN4. The Bertz CT molecular complexity index is 435. The summed E-state index contributed by atoms with van der Waals surface area (Å²) < 4.78 is 13.0. The second kappa shape index (κ2) is 5.89. The number of piperazine rings is 1. The summed E-state index contributed by atoms with van der Waals surface area (Å²) >= 11 is 0. The summed E-state index contributed by atoms with van der Waals surface area (Å²) in [6, 6.07) is 3.75. The van der Waals surface area contributed by atoms with E-state index in [1.54, 1.807) is 6.20 Å². The van der Waals surface area contributed by atoms with Crippen molar-refractivity contribution < 1.29 is 4.39 Å². The molecule has 0 spiro atoms. The van der Waals surface area contributed by atoms with E-state index < -0.39 is 0 Å². The largest absolute Gasteiger partial charge is 0.296 e. The second-order valence-corrected chi connectivity index (χ2v) is 4.63. The van der Waals surface area contributed by atoms with Crippen molar-refractivity contribution in [1.29, 1.82) is 5.26 Å². The van der Waals surface area contributed by atoms with E-state index in [-0.39, 0.29) is 11.9 Å². The van der Waals surface area contributed by atoms with Crippen LogP contribution in [0.5, 0.6) is 0 Å². The number of pyridine rings is 1. The van der Waals surface area contributed by atoms with Crippen molar-refractivity contribution in [2.24, 2.45) is 0 Å². The minimum absolute atomic E-state index is 0.0250. The second-order valence-electron chi connectivity index (χ2n) is 4.63. The van der Waals surface area contributed by atoms with Crippen molar-refractivity contribution >= 4 is 0 Å². The van der Waals surface area contributed by atoms with Crippen molar-refractivity contribution in [2.75, 3.05) is 26.2 Å². The van der Waals surface area contributed by atoms with E-state index in [2.05, 4.69) is 20.9 Å². The van der Waals surface area contributed by atoms with Crippen molar-refractivity contribution in [3.05, 3.63) is 29.8 Å². The van der Waals surface area contributed by atoms with Crippen LogP contribution in [0.25, 0.3) is 0 Å². The quantitative estimate of drug-likeness (QED) is 0.807. The molecule has 0 aliphatic carbocycles. The zero-order chi connectivity index (χ0) is 13.0. The normalized spacial score (nSPS) is 19.4. The summed E-state index contributed by atoms with van der Waals surface area (Å²) in [5, 5.41) is 8.86. The lowest BCUT2D eigenvalue weighted by atomic mass is 10.2. The minimum atomic E-state index is -0.288. The minimum Gasteiger partial charge on any atom is -0.296 e. The van der Waals surface area contributed by atoms with Gasteiger partial charge in [0.1, 0.15) is 5.82 Å². The molecule has 1 atom stereocenters. The van der Waals surface area contributed by atoms with Gasteiger partial charge in [0, 0.05) is 38.9 Å². The van der Waals surface area contributed by atoms with Crippen LogP contribution in [-0.2, 0) is 6.54 Å². The first kappa shape index (κ1) is 12.9. The van der Waals surface area contributed by atoms with Gasteiger partial charge in [-0.05, 0) is 18.6 Å². The van der Waals surface area contributed by atoms with Gasteiger partial charge < -0.3 is 0 Å². The van der Waals surface area contributed by atoms with E-state index >= 15 is 0 Å². The first-order chi connectivity index (χ1) is 8.69. The molecule has 4 nitrogen and oxygen atoms in total. The van der Waals surface area contributed by atoms with Crippen LogP contribution < -0.4 is 0 Å². The standard InChI is InChI=1S/C13H17FN4/c1-11(7-15)18-4-2-17(3-5-18)10-12-6-13(14)9-16-8-12/h6,8-9,11H,2-5,10H2,1H3. The summed E-state index contributed by atoms with van der Waals surface area (Å²) in [5.41, 5.74) is 0.900. The molecule has 96 valence electrons. The van der Waals surface area contributed by atoms with Crippen molar-refractivity contribution in [3.8, 4) is 6.07 Å². The molecule has 0 radical (unpaired) electrons. The maximum Gasteiger partial charge on any atom is 0.141 e. The van der Waals surface area contributed by atoms with E-state index in [0.717, 1.165) is 38.3 Å². The fourth-order valence-corrected chi connectivity index (χ4v) is 2.19. The first-order valence-electron chi connectivity index (χ1n) is 6.14. The van der Waals surface area contributed by atoms with Crippen molar-refractivity contribution in [3.63, 3.8) is 0 Å². The topological polar surface area (TPSA) is 43.2 Å². The fourth-order valence-electron chi connectivity index (χ4n) is 2.19. The Kier molecular flexibility index (Phi) is 4.24. The number of nitriles is 1. The molecule has 18 heavy (non-hydrogen) atoms. The fraction of sp³-hybridized carbons (Fsp3) is 0.538. The lowest BCUT2D eigenvalue weighted by Crippen LogP contribution is -2.48. The van der Waals surface area contributed by atoms with Gasteiger partial charge in [-0.1, -0.05) is 0 Å². The molecule has 0 bridgehead atoms. The molecular weight excluding hydrogens is 231 g/mol. The summed E-state index contributed by atoms with van der Waals surface area (Å²) in [6.45, 7) is 6.23. The third-order valence-electron chi connectivity index (χ3n) is 3.31. The third-order valence-corrected chi connectivity index (χ3v) is 3.31. The zero-order valence-corrected chi connectivity index (χ0v) is 10.5. The lowest BCUT2D eigenvalue weighted by Gasteiger charge is -2.35. The van der Waals surface area contributed by atoms with Crippen LogP contribution in [0.15, 0.2) is 18.5 Å². The molecule has 1 aliphatic heterocycles. The van der Waals surface area contributed by atoms with Gasteiger partial charge in [-0.3, -0.25) is 14.8 Å². The monoisotopic (exact) mass is 248 g/mol. The van der Waals surface area contributed by atoms with Crippen LogP contribution in [0.2, 0.25) is 0 Å². The molecule has 2 rings (SSSR count). The summed E-state index contributed by atoms with van der Waals surface area (Å²) in [6.07, 6.45) is 2.92. The molecule has 1 aliphatic rings.